The number of thiazole rings is 1. The summed E-state index contributed by atoms with van der Waals surface area (Å²) in [5, 5.41) is 2.21. The first-order valence-electron chi connectivity index (χ1n) is 8.82. The molecule has 0 unspecified atom stereocenters. The van der Waals surface area contributed by atoms with Crippen molar-refractivity contribution >= 4 is 17.0 Å². The van der Waals surface area contributed by atoms with Crippen LogP contribution < -0.4 is 9.70 Å². The first-order valence-corrected chi connectivity index (χ1v) is 9.69. The van der Waals surface area contributed by atoms with E-state index in [4.69, 9.17) is 9.73 Å². The molecule has 0 saturated carbocycles. The van der Waals surface area contributed by atoms with Gasteiger partial charge in [0, 0.05) is 24.0 Å². The fourth-order valence-corrected chi connectivity index (χ4v) is 4.12. The van der Waals surface area contributed by atoms with Gasteiger partial charge in [-0.3, -0.25) is 0 Å². The van der Waals surface area contributed by atoms with Crippen molar-refractivity contribution in [3.63, 3.8) is 0 Å². The Morgan fingerprint density at radius 2 is 2.00 bits per heavy atom. The molecule has 0 amide bonds. The van der Waals surface area contributed by atoms with E-state index in [2.05, 4.69) is 48.9 Å². The number of rotatable bonds is 5. The van der Waals surface area contributed by atoms with E-state index in [-0.39, 0.29) is 0 Å². The van der Waals surface area contributed by atoms with Crippen LogP contribution in [0.5, 0.6) is 0 Å². The Bertz CT molecular complexity index is 741. The summed E-state index contributed by atoms with van der Waals surface area (Å²) in [6, 6.07) is 6.46. The van der Waals surface area contributed by atoms with Crippen LogP contribution in [0.2, 0.25) is 0 Å². The fourth-order valence-electron chi connectivity index (χ4n) is 3.21. The summed E-state index contributed by atoms with van der Waals surface area (Å²) in [5.74, 6) is 0. The van der Waals surface area contributed by atoms with Crippen LogP contribution in [0.25, 0.3) is 0 Å². The van der Waals surface area contributed by atoms with Crippen LogP contribution >= 0.6 is 11.3 Å². The molecule has 3 rings (SSSR count). The van der Waals surface area contributed by atoms with Gasteiger partial charge in [-0.2, -0.15) is 0 Å². The molecule has 0 spiro atoms. The van der Waals surface area contributed by atoms with Crippen LogP contribution in [-0.4, -0.2) is 37.4 Å². The Labute approximate surface area is 148 Å². The summed E-state index contributed by atoms with van der Waals surface area (Å²) < 4.78 is 7.80. The van der Waals surface area contributed by atoms with Crippen molar-refractivity contribution in [1.29, 1.82) is 0 Å². The van der Waals surface area contributed by atoms with Gasteiger partial charge >= 0.3 is 0 Å². The lowest BCUT2D eigenvalue weighted by Gasteiger charge is -2.23. The van der Waals surface area contributed by atoms with Crippen molar-refractivity contribution in [2.24, 2.45) is 4.99 Å². The van der Waals surface area contributed by atoms with Crippen LogP contribution in [0, 0.1) is 20.8 Å². The minimum absolute atomic E-state index is 0.910. The van der Waals surface area contributed by atoms with Gasteiger partial charge in [0.05, 0.1) is 25.4 Å². The standard InChI is InChI=1S/C19H27N3OS/c1-15-5-6-18(16(2)13-15)20-19-22(17(3)14-24-19)8-4-7-21-9-11-23-12-10-21/h5-6,13-14H,4,7-12H2,1-3H3/p+1. The molecule has 2 heterocycles. The number of nitrogens with zero attached hydrogens (tertiary/aromatic N) is 2. The fraction of sp³-hybridized carbons (Fsp3) is 0.526. The maximum atomic E-state index is 5.44. The molecule has 0 aliphatic carbocycles. The van der Waals surface area contributed by atoms with E-state index in [0.29, 0.717) is 0 Å². The van der Waals surface area contributed by atoms with Gasteiger partial charge in [0.25, 0.3) is 0 Å². The van der Waals surface area contributed by atoms with E-state index >= 15 is 0 Å². The number of hydrogen-bond acceptors (Lipinski definition) is 3. The molecule has 1 N–H and O–H groups in total. The summed E-state index contributed by atoms with van der Waals surface area (Å²) in [7, 11) is 0. The highest BCUT2D eigenvalue weighted by molar-refractivity contribution is 7.07. The minimum Gasteiger partial charge on any atom is -0.370 e. The number of benzene rings is 1. The zero-order chi connectivity index (χ0) is 16.9. The normalized spacial score (nSPS) is 16.7. The van der Waals surface area contributed by atoms with Gasteiger partial charge in [-0.25, -0.2) is 4.99 Å². The third-order valence-electron chi connectivity index (χ3n) is 4.67. The monoisotopic (exact) mass is 346 g/mol. The van der Waals surface area contributed by atoms with Crippen LogP contribution in [0.4, 0.5) is 5.69 Å². The van der Waals surface area contributed by atoms with Crippen LogP contribution in [0.3, 0.4) is 0 Å². The van der Waals surface area contributed by atoms with Gasteiger partial charge in [-0.05, 0) is 32.4 Å². The number of nitrogens with one attached hydrogen (secondary N) is 1. The summed E-state index contributed by atoms with van der Waals surface area (Å²) in [5.41, 5.74) is 4.91. The lowest BCUT2D eigenvalue weighted by atomic mass is 10.1. The summed E-state index contributed by atoms with van der Waals surface area (Å²) in [6.07, 6.45) is 1.19. The van der Waals surface area contributed by atoms with Crippen LogP contribution in [-0.2, 0) is 11.3 Å². The minimum atomic E-state index is 0.910. The van der Waals surface area contributed by atoms with Gasteiger partial charge in [-0.1, -0.05) is 17.7 Å². The smallest absolute Gasteiger partial charge is 0.190 e. The van der Waals surface area contributed by atoms with Gasteiger partial charge in [0.1, 0.15) is 13.1 Å². The van der Waals surface area contributed by atoms with Crippen LogP contribution in [0.1, 0.15) is 23.2 Å². The first kappa shape index (κ1) is 17.4. The van der Waals surface area contributed by atoms with E-state index in [9.17, 15) is 0 Å². The molecule has 0 radical (unpaired) electrons. The van der Waals surface area contributed by atoms with E-state index in [1.54, 1.807) is 16.2 Å². The Hall–Kier alpha value is -1.43. The molecule has 1 fully saturated rings. The first-order chi connectivity index (χ1) is 11.6. The molecule has 1 aromatic carbocycles. The molecule has 1 aliphatic heterocycles. The van der Waals surface area contributed by atoms with Crippen molar-refractivity contribution in [2.75, 3.05) is 32.8 Å². The number of aromatic nitrogens is 1. The predicted octanol–water partition coefficient (Wildman–Crippen LogP) is 2.01. The van der Waals surface area contributed by atoms with Gasteiger partial charge in [0.15, 0.2) is 4.80 Å². The quantitative estimate of drug-likeness (QED) is 0.882. The molecule has 4 nitrogen and oxygen atoms in total. The number of hydrogen-bond donors (Lipinski definition) is 1. The average Bonchev–Trinajstić information content (AvgIpc) is 2.92. The Kier molecular flexibility index (Phi) is 5.87. The van der Waals surface area contributed by atoms with Gasteiger partial charge < -0.3 is 14.2 Å². The highest BCUT2D eigenvalue weighted by atomic mass is 32.1. The lowest BCUT2D eigenvalue weighted by Crippen LogP contribution is -3.14. The molecular weight excluding hydrogens is 318 g/mol. The summed E-state index contributed by atoms with van der Waals surface area (Å²) in [4.78, 5) is 7.70. The highest BCUT2D eigenvalue weighted by Crippen LogP contribution is 2.19. The second-order valence-corrected chi connectivity index (χ2v) is 7.52. The Morgan fingerprint density at radius 3 is 2.75 bits per heavy atom. The molecule has 5 heteroatoms. The SMILES string of the molecule is Cc1ccc(N=c2scc(C)n2CCC[NH+]2CCOCC2)c(C)c1. The summed E-state index contributed by atoms with van der Waals surface area (Å²) in [6.45, 7) is 12.8. The van der Waals surface area contributed by atoms with E-state index in [0.717, 1.165) is 43.3 Å². The van der Waals surface area contributed by atoms with Gasteiger partial charge in [-0.15, -0.1) is 11.3 Å². The molecule has 130 valence electrons. The molecule has 2 aromatic rings. The Balaban J connectivity index is 1.72. The zero-order valence-corrected chi connectivity index (χ0v) is 15.8. The maximum absolute atomic E-state index is 5.44. The Morgan fingerprint density at radius 1 is 1.21 bits per heavy atom. The molecule has 0 bridgehead atoms. The highest BCUT2D eigenvalue weighted by Gasteiger charge is 2.13. The van der Waals surface area contributed by atoms with Crippen LogP contribution in [0.15, 0.2) is 28.6 Å². The second kappa shape index (κ2) is 8.10. The third kappa shape index (κ3) is 4.35. The molecule has 1 aromatic heterocycles. The maximum Gasteiger partial charge on any atom is 0.190 e. The average molecular weight is 347 g/mol. The number of quaternary nitrogens is 1. The topological polar surface area (TPSA) is 31.0 Å². The molecule has 1 saturated heterocycles. The van der Waals surface area contributed by atoms with E-state index < -0.39 is 0 Å². The third-order valence-corrected chi connectivity index (χ3v) is 5.65. The van der Waals surface area contributed by atoms with Crippen molar-refractivity contribution in [1.82, 2.24) is 4.57 Å². The lowest BCUT2D eigenvalue weighted by molar-refractivity contribution is -0.908. The largest absolute Gasteiger partial charge is 0.370 e. The van der Waals surface area contributed by atoms with E-state index in [1.807, 2.05) is 0 Å². The molecule has 1 aliphatic rings. The molecule has 24 heavy (non-hydrogen) atoms. The molecular formula is C19H28N3OS+. The second-order valence-electron chi connectivity index (χ2n) is 6.68. The van der Waals surface area contributed by atoms with Gasteiger partial charge in [0.2, 0.25) is 0 Å². The molecule has 0 atom stereocenters. The van der Waals surface area contributed by atoms with Crippen molar-refractivity contribution < 1.29 is 9.64 Å². The zero-order valence-electron chi connectivity index (χ0n) is 15.0. The van der Waals surface area contributed by atoms with Crippen molar-refractivity contribution in [3.8, 4) is 0 Å². The number of ether oxygens (including phenoxy) is 1. The van der Waals surface area contributed by atoms with Crippen molar-refractivity contribution in [3.05, 3.63) is 45.2 Å². The van der Waals surface area contributed by atoms with Crippen molar-refractivity contribution in [2.45, 2.75) is 33.7 Å². The predicted molar refractivity (Wildman–Crippen MR) is 99.2 cm³/mol. The van der Waals surface area contributed by atoms with E-state index in [1.165, 1.54) is 29.8 Å². The number of morpholine rings is 1. The summed E-state index contributed by atoms with van der Waals surface area (Å²) >= 11 is 1.74. The number of aryl methyl sites for hydroxylation is 3.